The first kappa shape index (κ1) is 16.5. The van der Waals surface area contributed by atoms with Crippen LogP contribution >= 0.6 is 0 Å². The zero-order chi connectivity index (χ0) is 16.7. The molecule has 0 saturated carbocycles. The van der Waals surface area contributed by atoms with Crippen molar-refractivity contribution in [3.05, 3.63) is 59.7 Å². The van der Waals surface area contributed by atoms with Crippen LogP contribution in [-0.2, 0) is 4.79 Å². The Kier molecular flexibility index (Phi) is 5.74. The summed E-state index contributed by atoms with van der Waals surface area (Å²) in [7, 11) is 1.62. The number of para-hydroxylation sites is 1. The Morgan fingerprint density at radius 1 is 1.17 bits per heavy atom. The van der Waals surface area contributed by atoms with Gasteiger partial charge < -0.3 is 10.1 Å². The van der Waals surface area contributed by atoms with E-state index in [2.05, 4.69) is 15.8 Å². The van der Waals surface area contributed by atoms with Crippen LogP contribution in [0.5, 0.6) is 5.75 Å². The van der Waals surface area contributed by atoms with E-state index in [0.29, 0.717) is 0 Å². The smallest absolute Gasteiger partial charge is 0.262 e. The summed E-state index contributed by atoms with van der Waals surface area (Å²) in [5.41, 5.74) is 5.45. The second-order valence-electron chi connectivity index (χ2n) is 5.19. The number of amides is 1. The molecule has 5 nitrogen and oxygen atoms in total. The van der Waals surface area contributed by atoms with Crippen molar-refractivity contribution >= 4 is 17.8 Å². The number of nitrogens with one attached hydrogen (secondary N) is 2. The number of carbonyl (C=O) groups is 1. The lowest BCUT2D eigenvalue weighted by Gasteiger charge is -2.15. The van der Waals surface area contributed by atoms with Gasteiger partial charge in [0.1, 0.15) is 11.8 Å². The van der Waals surface area contributed by atoms with E-state index in [-0.39, 0.29) is 11.9 Å². The number of carbonyl (C=O) groups excluding carboxylic acids is 1. The third-order valence-electron chi connectivity index (χ3n) is 3.41. The quantitative estimate of drug-likeness (QED) is 0.637. The maximum atomic E-state index is 12.0. The van der Waals surface area contributed by atoms with E-state index in [9.17, 15) is 4.79 Å². The lowest BCUT2D eigenvalue weighted by molar-refractivity contribution is -0.121. The highest BCUT2D eigenvalue weighted by Crippen LogP contribution is 2.14. The van der Waals surface area contributed by atoms with Gasteiger partial charge in [0.15, 0.2) is 0 Å². The lowest BCUT2D eigenvalue weighted by Crippen LogP contribution is -2.35. The minimum absolute atomic E-state index is 0.196. The van der Waals surface area contributed by atoms with Gasteiger partial charge >= 0.3 is 0 Å². The van der Waals surface area contributed by atoms with E-state index < -0.39 is 0 Å². The molecule has 0 aromatic heterocycles. The average molecular weight is 311 g/mol. The minimum atomic E-state index is -0.385. The van der Waals surface area contributed by atoms with Crippen molar-refractivity contribution in [1.29, 1.82) is 0 Å². The highest BCUT2D eigenvalue weighted by molar-refractivity contribution is 5.86. The summed E-state index contributed by atoms with van der Waals surface area (Å²) in [6.07, 6.45) is 1.60. The molecule has 0 heterocycles. The van der Waals surface area contributed by atoms with Crippen LogP contribution in [0.1, 0.15) is 18.1 Å². The van der Waals surface area contributed by atoms with Crippen molar-refractivity contribution in [2.45, 2.75) is 19.9 Å². The summed E-state index contributed by atoms with van der Waals surface area (Å²) < 4.78 is 5.09. The first-order valence-corrected chi connectivity index (χ1v) is 7.39. The summed E-state index contributed by atoms with van der Waals surface area (Å²) in [4.78, 5) is 12.0. The molecule has 0 aliphatic rings. The number of aryl methyl sites for hydroxylation is 1. The second kappa shape index (κ2) is 7.98. The van der Waals surface area contributed by atoms with E-state index in [1.807, 2.05) is 55.5 Å². The highest BCUT2D eigenvalue weighted by atomic mass is 16.5. The van der Waals surface area contributed by atoms with E-state index >= 15 is 0 Å². The van der Waals surface area contributed by atoms with Crippen molar-refractivity contribution < 1.29 is 9.53 Å². The van der Waals surface area contributed by atoms with Gasteiger partial charge in [0.05, 0.1) is 13.3 Å². The normalized spacial score (nSPS) is 12.0. The van der Waals surface area contributed by atoms with E-state index in [4.69, 9.17) is 4.74 Å². The molecule has 23 heavy (non-hydrogen) atoms. The molecule has 0 saturated heterocycles. The predicted molar refractivity (Wildman–Crippen MR) is 93.0 cm³/mol. The maximum Gasteiger partial charge on any atom is 0.262 e. The third-order valence-corrected chi connectivity index (χ3v) is 3.41. The summed E-state index contributed by atoms with van der Waals surface area (Å²) in [6.45, 7) is 3.79. The third kappa shape index (κ3) is 4.85. The molecule has 1 unspecified atom stereocenters. The topological polar surface area (TPSA) is 62.7 Å². The number of methoxy groups -OCH3 is 1. The van der Waals surface area contributed by atoms with Crippen LogP contribution in [0.15, 0.2) is 53.6 Å². The molecule has 2 aromatic rings. The number of anilines is 1. The summed E-state index contributed by atoms with van der Waals surface area (Å²) in [5.74, 6) is 0.584. The van der Waals surface area contributed by atoms with Gasteiger partial charge in [-0.2, -0.15) is 5.10 Å². The average Bonchev–Trinajstić information content (AvgIpc) is 2.57. The highest BCUT2D eigenvalue weighted by Gasteiger charge is 2.12. The first-order chi connectivity index (χ1) is 11.1. The van der Waals surface area contributed by atoms with Crippen molar-refractivity contribution in [3.63, 3.8) is 0 Å². The summed E-state index contributed by atoms with van der Waals surface area (Å²) >= 11 is 0. The molecule has 1 amide bonds. The molecule has 0 fully saturated rings. The fourth-order valence-corrected chi connectivity index (χ4v) is 1.99. The minimum Gasteiger partial charge on any atom is -0.497 e. The van der Waals surface area contributed by atoms with Gasteiger partial charge in [-0.3, -0.25) is 4.79 Å². The van der Waals surface area contributed by atoms with Gasteiger partial charge in [-0.1, -0.05) is 18.2 Å². The first-order valence-electron chi connectivity index (χ1n) is 7.39. The molecule has 0 aliphatic heterocycles. The number of hydrogen-bond donors (Lipinski definition) is 2. The van der Waals surface area contributed by atoms with Crippen molar-refractivity contribution in [2.75, 3.05) is 12.4 Å². The number of hydrogen-bond acceptors (Lipinski definition) is 4. The molecule has 0 bridgehead atoms. The molecule has 2 rings (SSSR count). The number of ether oxygens (including phenoxy) is 1. The SMILES string of the molecule is COc1ccc(/C=N/NC(=O)C(C)Nc2ccccc2C)cc1. The maximum absolute atomic E-state index is 12.0. The molecule has 2 N–H and O–H groups in total. The van der Waals surface area contributed by atoms with Crippen molar-refractivity contribution in [2.24, 2.45) is 5.10 Å². The summed E-state index contributed by atoms with van der Waals surface area (Å²) in [6, 6.07) is 14.9. The molecule has 0 spiro atoms. The van der Waals surface area contributed by atoms with Gasteiger partial charge in [0.2, 0.25) is 0 Å². The van der Waals surface area contributed by atoms with Gasteiger partial charge in [-0.15, -0.1) is 0 Å². The Balaban J connectivity index is 1.88. The second-order valence-corrected chi connectivity index (χ2v) is 5.19. The fraction of sp³-hybridized carbons (Fsp3) is 0.222. The number of rotatable bonds is 6. The zero-order valence-corrected chi connectivity index (χ0v) is 13.5. The summed E-state index contributed by atoms with van der Waals surface area (Å²) in [5, 5.41) is 7.15. The van der Waals surface area contributed by atoms with E-state index in [0.717, 1.165) is 22.6 Å². The fourth-order valence-electron chi connectivity index (χ4n) is 1.99. The van der Waals surface area contributed by atoms with Gasteiger partial charge in [0.25, 0.3) is 5.91 Å². The van der Waals surface area contributed by atoms with E-state index in [1.165, 1.54) is 0 Å². The van der Waals surface area contributed by atoms with E-state index in [1.54, 1.807) is 20.2 Å². The van der Waals surface area contributed by atoms with Crippen molar-refractivity contribution in [3.8, 4) is 5.75 Å². The predicted octanol–water partition coefficient (Wildman–Crippen LogP) is 2.95. The van der Waals surface area contributed by atoms with Gasteiger partial charge in [0, 0.05) is 5.69 Å². The Labute approximate surface area is 136 Å². The Bertz CT molecular complexity index is 681. The molecule has 5 heteroatoms. The monoisotopic (exact) mass is 311 g/mol. The molecule has 0 radical (unpaired) electrons. The Morgan fingerprint density at radius 3 is 2.52 bits per heavy atom. The van der Waals surface area contributed by atoms with Crippen LogP contribution in [0.25, 0.3) is 0 Å². The van der Waals surface area contributed by atoms with Crippen LogP contribution in [0, 0.1) is 6.92 Å². The molecule has 0 aliphatic carbocycles. The van der Waals surface area contributed by atoms with Gasteiger partial charge in [-0.25, -0.2) is 5.43 Å². The number of hydrazone groups is 1. The van der Waals surface area contributed by atoms with Crippen LogP contribution < -0.4 is 15.5 Å². The molecule has 120 valence electrons. The van der Waals surface area contributed by atoms with Crippen molar-refractivity contribution in [1.82, 2.24) is 5.43 Å². The number of nitrogens with zero attached hydrogens (tertiary/aromatic N) is 1. The standard InChI is InChI=1S/C18H21N3O2/c1-13-6-4-5-7-17(13)20-14(2)18(22)21-19-12-15-8-10-16(23-3)11-9-15/h4-12,14,20H,1-3H3,(H,21,22)/b19-12+. The van der Waals surface area contributed by atoms with Crippen LogP contribution in [0.2, 0.25) is 0 Å². The lowest BCUT2D eigenvalue weighted by atomic mass is 10.2. The van der Waals surface area contributed by atoms with Crippen LogP contribution in [0.3, 0.4) is 0 Å². The van der Waals surface area contributed by atoms with Gasteiger partial charge in [-0.05, 0) is 55.3 Å². The van der Waals surface area contributed by atoms with Crippen LogP contribution in [-0.4, -0.2) is 25.3 Å². The number of benzene rings is 2. The Hall–Kier alpha value is -2.82. The molecule has 2 aromatic carbocycles. The molecular weight excluding hydrogens is 290 g/mol. The molecule has 1 atom stereocenters. The van der Waals surface area contributed by atoms with Crippen LogP contribution in [0.4, 0.5) is 5.69 Å². The largest absolute Gasteiger partial charge is 0.497 e. The Morgan fingerprint density at radius 2 is 1.87 bits per heavy atom. The zero-order valence-electron chi connectivity index (χ0n) is 13.5. The molecular formula is C18H21N3O2.